The molecule has 0 bridgehead atoms. The van der Waals surface area contributed by atoms with E-state index in [1.54, 1.807) is 0 Å². The average Bonchev–Trinajstić information content (AvgIpc) is 3.29. The van der Waals surface area contributed by atoms with Crippen LogP contribution in [0.2, 0.25) is 0 Å². The van der Waals surface area contributed by atoms with Gasteiger partial charge in [-0.25, -0.2) is 18.4 Å². The minimum absolute atomic E-state index is 0.215. The van der Waals surface area contributed by atoms with E-state index in [1.165, 1.54) is 13.8 Å². The molecule has 2 saturated heterocycles. The molecular formula is C20H26F2N4O10. The van der Waals surface area contributed by atoms with Gasteiger partial charge in [0.05, 0.1) is 13.2 Å². The molecule has 2 aromatic rings. The average molecular weight is 520 g/mol. The van der Waals surface area contributed by atoms with Gasteiger partial charge in [0, 0.05) is 23.5 Å². The van der Waals surface area contributed by atoms with E-state index in [1.807, 2.05) is 9.97 Å². The number of aliphatic hydroxyl groups is 4. The smallest absolute Gasteiger partial charge is 0.330 e. The summed E-state index contributed by atoms with van der Waals surface area (Å²) in [5.41, 5.74) is -2.36. The quantitative estimate of drug-likeness (QED) is 0.239. The van der Waals surface area contributed by atoms with Gasteiger partial charge in [0.15, 0.2) is 24.8 Å². The van der Waals surface area contributed by atoms with Crippen molar-refractivity contribution in [3.05, 3.63) is 65.2 Å². The normalized spacial score (nSPS) is 31.8. The second kappa shape index (κ2) is 10.9. The summed E-state index contributed by atoms with van der Waals surface area (Å²) in [6, 6.07) is 0. The largest absolute Gasteiger partial charge is 0.394 e. The maximum Gasteiger partial charge on any atom is 0.330 e. The standard InChI is InChI=1S/2C10H13FN2O5/c2*1-4-2-13(10(17)12-8(4)16)9-6(11)7(15)5(3-14)18-9/h2*2,5-7,9,14-15H,3H2,1H3,(H,12,16,17)/t2*5-,6+,7-,9-/m00/s1. The summed E-state index contributed by atoms with van der Waals surface area (Å²) < 4.78 is 39.4. The molecule has 14 nitrogen and oxygen atoms in total. The Balaban J connectivity index is 0.000000201. The van der Waals surface area contributed by atoms with Gasteiger partial charge >= 0.3 is 11.4 Å². The number of aliphatic hydroxyl groups excluding tert-OH is 4. The fourth-order valence-electron chi connectivity index (χ4n) is 3.71. The first-order valence-electron chi connectivity index (χ1n) is 10.7. The molecule has 4 heterocycles. The van der Waals surface area contributed by atoms with Crippen molar-refractivity contribution >= 4 is 0 Å². The highest BCUT2D eigenvalue weighted by molar-refractivity contribution is 5.04. The molecular weight excluding hydrogens is 494 g/mol. The molecule has 0 saturated carbocycles. The molecule has 4 rings (SSSR count). The van der Waals surface area contributed by atoms with Crippen LogP contribution in [0, 0.1) is 13.8 Å². The number of aromatic nitrogens is 4. The summed E-state index contributed by atoms with van der Waals surface area (Å²) in [6.45, 7) is 1.79. The SMILES string of the molecule is Cc1cn([C@H]2O[C@@H](CO)[C@H](O)[C@H]2F)c(=O)[nH]c1=O.Cc1cn([C@H]2O[C@@H](CO)[C@H](O)[C@H]2F)c(=O)[nH]c1=O. The van der Waals surface area contributed by atoms with Crippen molar-refractivity contribution in [3.8, 4) is 0 Å². The predicted molar refractivity (Wildman–Crippen MR) is 116 cm³/mol. The molecule has 6 N–H and O–H groups in total. The van der Waals surface area contributed by atoms with Crippen LogP contribution in [-0.4, -0.2) is 89.5 Å². The lowest BCUT2D eigenvalue weighted by molar-refractivity contribution is -0.0492. The van der Waals surface area contributed by atoms with E-state index in [0.717, 1.165) is 21.5 Å². The van der Waals surface area contributed by atoms with E-state index in [-0.39, 0.29) is 11.1 Å². The zero-order valence-corrected chi connectivity index (χ0v) is 19.1. The first-order valence-corrected chi connectivity index (χ1v) is 10.7. The Morgan fingerprint density at radius 3 is 1.39 bits per heavy atom. The third-order valence-electron chi connectivity index (χ3n) is 5.79. The van der Waals surface area contributed by atoms with Crippen molar-refractivity contribution < 1.29 is 38.7 Å². The zero-order valence-electron chi connectivity index (χ0n) is 19.1. The third-order valence-corrected chi connectivity index (χ3v) is 5.79. The Morgan fingerprint density at radius 2 is 1.11 bits per heavy atom. The van der Waals surface area contributed by atoms with E-state index in [2.05, 4.69) is 0 Å². The molecule has 0 aliphatic carbocycles. The van der Waals surface area contributed by atoms with Crippen LogP contribution in [0.4, 0.5) is 8.78 Å². The number of rotatable bonds is 4. The number of H-pyrrole nitrogens is 2. The van der Waals surface area contributed by atoms with Gasteiger partial charge in [-0.05, 0) is 13.8 Å². The fourth-order valence-corrected chi connectivity index (χ4v) is 3.71. The molecule has 2 aliphatic heterocycles. The summed E-state index contributed by atoms with van der Waals surface area (Å²) in [5, 5.41) is 36.7. The monoisotopic (exact) mass is 520 g/mol. The molecule has 2 aromatic heterocycles. The lowest BCUT2D eigenvalue weighted by Crippen LogP contribution is -2.36. The molecule has 0 spiro atoms. The minimum Gasteiger partial charge on any atom is -0.394 e. The summed E-state index contributed by atoms with van der Waals surface area (Å²) in [7, 11) is 0. The number of hydrogen-bond acceptors (Lipinski definition) is 10. The van der Waals surface area contributed by atoms with Gasteiger partial charge < -0.3 is 29.9 Å². The topological polar surface area (TPSA) is 209 Å². The van der Waals surface area contributed by atoms with Crippen molar-refractivity contribution in [2.24, 2.45) is 0 Å². The summed E-state index contributed by atoms with van der Waals surface area (Å²) in [5.74, 6) is 0. The highest BCUT2D eigenvalue weighted by atomic mass is 19.1. The van der Waals surface area contributed by atoms with E-state index in [9.17, 15) is 38.2 Å². The van der Waals surface area contributed by atoms with Crippen molar-refractivity contribution in [2.45, 2.75) is 63.1 Å². The van der Waals surface area contributed by atoms with Crippen LogP contribution in [0.1, 0.15) is 23.6 Å². The number of nitrogens with one attached hydrogen (secondary N) is 2. The molecule has 2 aliphatic rings. The lowest BCUT2D eigenvalue weighted by Gasteiger charge is -2.15. The molecule has 0 amide bonds. The summed E-state index contributed by atoms with van der Waals surface area (Å²) in [4.78, 5) is 49.5. The van der Waals surface area contributed by atoms with E-state index in [4.69, 9.17) is 19.7 Å². The number of nitrogens with zero attached hydrogens (tertiary/aromatic N) is 2. The second-order valence-corrected chi connectivity index (χ2v) is 8.32. The van der Waals surface area contributed by atoms with Crippen molar-refractivity contribution in [1.29, 1.82) is 0 Å². The maximum absolute atomic E-state index is 13.8. The predicted octanol–water partition coefficient (Wildman–Crippen LogP) is -3.13. The first-order chi connectivity index (χ1) is 16.9. The van der Waals surface area contributed by atoms with Gasteiger partial charge in [0.1, 0.15) is 24.4 Å². The Bertz CT molecular complexity index is 1210. The van der Waals surface area contributed by atoms with Crippen LogP contribution < -0.4 is 22.5 Å². The van der Waals surface area contributed by atoms with Gasteiger partial charge in [-0.2, -0.15) is 0 Å². The molecule has 0 aromatic carbocycles. The van der Waals surface area contributed by atoms with Crippen LogP contribution in [0.5, 0.6) is 0 Å². The molecule has 2 fully saturated rings. The van der Waals surface area contributed by atoms with Crippen molar-refractivity contribution in [2.75, 3.05) is 13.2 Å². The Morgan fingerprint density at radius 1 is 0.778 bits per heavy atom. The molecule has 200 valence electrons. The van der Waals surface area contributed by atoms with Crippen LogP contribution in [-0.2, 0) is 9.47 Å². The highest BCUT2D eigenvalue weighted by Crippen LogP contribution is 2.31. The number of hydrogen-bond donors (Lipinski definition) is 6. The van der Waals surface area contributed by atoms with Gasteiger partial charge in [-0.15, -0.1) is 0 Å². The number of aryl methyl sites for hydroxylation is 2. The number of aromatic amines is 2. The first kappa shape index (κ1) is 27.6. The number of halogens is 2. The minimum atomic E-state index is -1.86. The molecule has 16 heteroatoms. The van der Waals surface area contributed by atoms with Crippen LogP contribution >= 0.6 is 0 Å². The Kier molecular flexibility index (Phi) is 8.37. The lowest BCUT2D eigenvalue weighted by atomic mass is 10.1. The fraction of sp³-hybridized carbons (Fsp3) is 0.600. The third kappa shape index (κ3) is 5.23. The van der Waals surface area contributed by atoms with E-state index >= 15 is 0 Å². The van der Waals surface area contributed by atoms with E-state index < -0.39 is 84.9 Å². The van der Waals surface area contributed by atoms with Gasteiger partial charge in [-0.3, -0.25) is 28.7 Å². The number of ether oxygens (including phenoxy) is 2. The van der Waals surface area contributed by atoms with Crippen molar-refractivity contribution in [1.82, 2.24) is 19.1 Å². The summed E-state index contributed by atoms with van der Waals surface area (Å²) >= 11 is 0. The maximum atomic E-state index is 13.8. The summed E-state index contributed by atoms with van der Waals surface area (Å²) in [6.07, 6.45) is -9.34. The second-order valence-electron chi connectivity index (χ2n) is 8.32. The van der Waals surface area contributed by atoms with Gasteiger partial charge in [-0.1, -0.05) is 0 Å². The molecule has 0 unspecified atom stereocenters. The Labute approximate surface area is 200 Å². The van der Waals surface area contributed by atoms with Crippen molar-refractivity contribution in [3.63, 3.8) is 0 Å². The van der Waals surface area contributed by atoms with Gasteiger partial charge in [0.2, 0.25) is 0 Å². The van der Waals surface area contributed by atoms with E-state index in [0.29, 0.717) is 0 Å². The zero-order chi connectivity index (χ0) is 26.9. The molecule has 0 radical (unpaired) electrons. The van der Waals surface area contributed by atoms with Crippen LogP contribution in [0.15, 0.2) is 31.6 Å². The van der Waals surface area contributed by atoms with Crippen LogP contribution in [0.25, 0.3) is 0 Å². The highest BCUT2D eigenvalue weighted by Gasteiger charge is 2.46. The van der Waals surface area contributed by atoms with Crippen LogP contribution in [0.3, 0.4) is 0 Å². The number of alkyl halides is 2. The Hall–Kier alpha value is -3.02. The molecule has 36 heavy (non-hydrogen) atoms. The molecule has 8 atom stereocenters. The van der Waals surface area contributed by atoms with Gasteiger partial charge in [0.25, 0.3) is 11.1 Å².